The van der Waals surface area contributed by atoms with Crippen molar-refractivity contribution in [2.45, 2.75) is 38.8 Å². The summed E-state index contributed by atoms with van der Waals surface area (Å²) in [6.07, 6.45) is 1.23. The lowest BCUT2D eigenvalue weighted by Crippen LogP contribution is -2.41. The van der Waals surface area contributed by atoms with Crippen LogP contribution in [0.3, 0.4) is 0 Å². The van der Waals surface area contributed by atoms with E-state index in [0.717, 1.165) is 24.4 Å². The Labute approximate surface area is 97.0 Å². The molecule has 3 nitrogen and oxygen atoms in total. The smallest absolute Gasteiger partial charge is 0.0774 e. The summed E-state index contributed by atoms with van der Waals surface area (Å²) >= 11 is 0. The van der Waals surface area contributed by atoms with E-state index in [4.69, 9.17) is 10.5 Å². The molecule has 1 fully saturated rings. The van der Waals surface area contributed by atoms with Gasteiger partial charge in [0.2, 0.25) is 0 Å². The highest BCUT2D eigenvalue weighted by Crippen LogP contribution is 2.33. The monoisotopic (exact) mass is 220 g/mol. The Morgan fingerprint density at radius 3 is 2.81 bits per heavy atom. The minimum absolute atomic E-state index is 0.0137. The molecule has 2 unspecified atom stereocenters. The second-order valence-electron chi connectivity index (χ2n) is 4.84. The van der Waals surface area contributed by atoms with Gasteiger partial charge >= 0.3 is 0 Å². The third-order valence-electron chi connectivity index (χ3n) is 3.60. The summed E-state index contributed by atoms with van der Waals surface area (Å²) in [4.78, 5) is 0. The van der Waals surface area contributed by atoms with E-state index in [9.17, 15) is 0 Å². The van der Waals surface area contributed by atoms with Gasteiger partial charge in [-0.2, -0.15) is 0 Å². The topological polar surface area (TPSA) is 47.3 Å². The standard InChI is InChI=1S/C13H20N2O/c1-9-5-4-6-11(14)12(9)15-13(3)7-8-16-10(13)2/h4-6,10,15H,7-8,14H2,1-3H3. The first kappa shape index (κ1) is 11.3. The van der Waals surface area contributed by atoms with E-state index in [-0.39, 0.29) is 11.6 Å². The third-order valence-corrected chi connectivity index (χ3v) is 3.60. The number of anilines is 2. The molecule has 1 heterocycles. The zero-order valence-electron chi connectivity index (χ0n) is 10.2. The molecule has 1 aromatic carbocycles. The van der Waals surface area contributed by atoms with Gasteiger partial charge in [0.25, 0.3) is 0 Å². The molecule has 1 saturated heterocycles. The van der Waals surface area contributed by atoms with Crippen molar-refractivity contribution >= 4 is 11.4 Å². The molecule has 0 aromatic heterocycles. The Hall–Kier alpha value is -1.22. The van der Waals surface area contributed by atoms with Crippen molar-refractivity contribution < 1.29 is 4.74 Å². The highest BCUT2D eigenvalue weighted by Gasteiger charge is 2.37. The Morgan fingerprint density at radius 1 is 1.50 bits per heavy atom. The molecule has 2 rings (SSSR count). The molecule has 16 heavy (non-hydrogen) atoms. The number of para-hydroxylation sites is 1. The number of nitrogens with one attached hydrogen (secondary N) is 1. The van der Waals surface area contributed by atoms with Gasteiger partial charge in [-0.1, -0.05) is 12.1 Å². The largest absolute Gasteiger partial charge is 0.397 e. The minimum atomic E-state index is -0.0137. The van der Waals surface area contributed by atoms with Crippen molar-refractivity contribution in [1.82, 2.24) is 0 Å². The fraction of sp³-hybridized carbons (Fsp3) is 0.538. The number of ether oxygens (including phenoxy) is 1. The Bertz CT molecular complexity index is 371. The maximum atomic E-state index is 6.00. The fourth-order valence-electron chi connectivity index (χ4n) is 2.15. The lowest BCUT2D eigenvalue weighted by Gasteiger charge is -2.31. The Morgan fingerprint density at radius 2 is 2.25 bits per heavy atom. The normalized spacial score (nSPS) is 29.3. The number of aryl methyl sites for hydroxylation is 1. The SMILES string of the molecule is Cc1cccc(N)c1NC1(C)CCOC1C. The molecule has 0 bridgehead atoms. The first-order valence-electron chi connectivity index (χ1n) is 5.78. The van der Waals surface area contributed by atoms with Crippen molar-refractivity contribution in [3.63, 3.8) is 0 Å². The van der Waals surface area contributed by atoms with Crippen LogP contribution in [0.15, 0.2) is 18.2 Å². The van der Waals surface area contributed by atoms with Crippen molar-refractivity contribution in [2.75, 3.05) is 17.7 Å². The maximum Gasteiger partial charge on any atom is 0.0774 e. The summed E-state index contributed by atoms with van der Waals surface area (Å²) in [5.74, 6) is 0. The molecule has 88 valence electrons. The summed E-state index contributed by atoms with van der Waals surface area (Å²) in [5, 5.41) is 3.55. The fourth-order valence-corrected chi connectivity index (χ4v) is 2.15. The molecule has 0 amide bonds. The lowest BCUT2D eigenvalue weighted by atomic mass is 9.93. The average Bonchev–Trinajstić information content (AvgIpc) is 2.54. The Balaban J connectivity index is 2.27. The van der Waals surface area contributed by atoms with Crippen molar-refractivity contribution in [3.05, 3.63) is 23.8 Å². The quantitative estimate of drug-likeness (QED) is 0.753. The van der Waals surface area contributed by atoms with Crippen molar-refractivity contribution in [2.24, 2.45) is 0 Å². The van der Waals surface area contributed by atoms with Crippen molar-refractivity contribution in [3.8, 4) is 0 Å². The zero-order valence-corrected chi connectivity index (χ0v) is 10.2. The van der Waals surface area contributed by atoms with E-state index in [1.165, 1.54) is 5.56 Å². The van der Waals surface area contributed by atoms with Crippen LogP contribution in [0.2, 0.25) is 0 Å². The molecule has 3 N–H and O–H groups in total. The molecule has 3 heteroatoms. The van der Waals surface area contributed by atoms with E-state index in [2.05, 4.69) is 32.2 Å². The first-order chi connectivity index (χ1) is 7.53. The lowest BCUT2D eigenvalue weighted by molar-refractivity contribution is 0.105. The van der Waals surface area contributed by atoms with Crippen LogP contribution in [-0.4, -0.2) is 18.2 Å². The summed E-state index contributed by atoms with van der Waals surface area (Å²) in [7, 11) is 0. The maximum absolute atomic E-state index is 6.00. The summed E-state index contributed by atoms with van der Waals surface area (Å²) in [6, 6.07) is 5.98. The molecule has 0 spiro atoms. The average molecular weight is 220 g/mol. The molecule has 1 aliphatic rings. The van der Waals surface area contributed by atoms with E-state index in [1.54, 1.807) is 0 Å². The van der Waals surface area contributed by atoms with Gasteiger partial charge in [0.05, 0.1) is 23.0 Å². The van der Waals surface area contributed by atoms with Gasteiger partial charge in [0.1, 0.15) is 0 Å². The van der Waals surface area contributed by atoms with Gasteiger partial charge in [-0.05, 0) is 38.8 Å². The Kier molecular flexibility index (Phi) is 2.80. The molecule has 0 saturated carbocycles. The molecule has 2 atom stereocenters. The van der Waals surface area contributed by atoms with E-state index in [0.29, 0.717) is 0 Å². The third kappa shape index (κ3) is 1.87. The van der Waals surface area contributed by atoms with E-state index >= 15 is 0 Å². The molecular weight excluding hydrogens is 200 g/mol. The van der Waals surface area contributed by atoms with Gasteiger partial charge in [-0.15, -0.1) is 0 Å². The second kappa shape index (κ2) is 3.98. The zero-order chi connectivity index (χ0) is 11.8. The van der Waals surface area contributed by atoms with Gasteiger partial charge in [0.15, 0.2) is 0 Å². The number of hydrogen-bond donors (Lipinski definition) is 2. The molecule has 1 aromatic rings. The van der Waals surface area contributed by atoms with Crippen LogP contribution in [-0.2, 0) is 4.74 Å². The predicted molar refractivity (Wildman–Crippen MR) is 67.7 cm³/mol. The van der Waals surface area contributed by atoms with E-state index < -0.39 is 0 Å². The van der Waals surface area contributed by atoms with Crippen LogP contribution in [0, 0.1) is 6.92 Å². The van der Waals surface area contributed by atoms with Crippen LogP contribution in [0.5, 0.6) is 0 Å². The highest BCUT2D eigenvalue weighted by atomic mass is 16.5. The molecular formula is C13H20N2O. The molecule has 1 aliphatic heterocycles. The minimum Gasteiger partial charge on any atom is -0.397 e. The number of nitrogens with two attached hydrogens (primary N) is 1. The van der Waals surface area contributed by atoms with Crippen LogP contribution >= 0.6 is 0 Å². The van der Waals surface area contributed by atoms with Gasteiger partial charge in [-0.3, -0.25) is 0 Å². The van der Waals surface area contributed by atoms with Gasteiger partial charge < -0.3 is 15.8 Å². The van der Waals surface area contributed by atoms with Crippen LogP contribution in [0.1, 0.15) is 25.8 Å². The van der Waals surface area contributed by atoms with Crippen LogP contribution in [0.4, 0.5) is 11.4 Å². The van der Waals surface area contributed by atoms with Crippen molar-refractivity contribution in [1.29, 1.82) is 0 Å². The summed E-state index contributed by atoms with van der Waals surface area (Å²) in [5.41, 5.74) is 9.02. The first-order valence-corrected chi connectivity index (χ1v) is 5.78. The number of hydrogen-bond acceptors (Lipinski definition) is 3. The van der Waals surface area contributed by atoms with Gasteiger partial charge in [-0.25, -0.2) is 0 Å². The number of nitrogen functional groups attached to an aromatic ring is 1. The van der Waals surface area contributed by atoms with E-state index in [1.807, 2.05) is 12.1 Å². The van der Waals surface area contributed by atoms with Crippen LogP contribution in [0.25, 0.3) is 0 Å². The predicted octanol–water partition coefficient (Wildman–Crippen LogP) is 2.56. The van der Waals surface area contributed by atoms with Crippen LogP contribution < -0.4 is 11.1 Å². The summed E-state index contributed by atoms with van der Waals surface area (Å²) in [6.45, 7) is 7.18. The van der Waals surface area contributed by atoms with Gasteiger partial charge in [0, 0.05) is 6.61 Å². The molecule has 0 aliphatic carbocycles. The highest BCUT2D eigenvalue weighted by molar-refractivity contribution is 5.70. The number of rotatable bonds is 2. The number of benzene rings is 1. The second-order valence-corrected chi connectivity index (χ2v) is 4.84. The molecule has 0 radical (unpaired) electrons. The summed E-state index contributed by atoms with van der Waals surface area (Å²) < 4.78 is 5.62.